The van der Waals surface area contributed by atoms with Crippen molar-refractivity contribution in [1.82, 2.24) is 0 Å². The number of carboxylic acid groups (broad SMARTS) is 3. The van der Waals surface area contributed by atoms with Crippen LogP contribution in [0.25, 0.3) is 0 Å². The van der Waals surface area contributed by atoms with Crippen LogP contribution in [0.4, 0.5) is 0 Å². The lowest BCUT2D eigenvalue weighted by atomic mass is 9.95. The number of quaternary nitrogens is 1. The van der Waals surface area contributed by atoms with Gasteiger partial charge in [0, 0.05) is 5.92 Å². The van der Waals surface area contributed by atoms with Gasteiger partial charge in [0.1, 0.15) is 11.8 Å². The summed E-state index contributed by atoms with van der Waals surface area (Å²) in [6.45, 7) is 9.02. The van der Waals surface area contributed by atoms with E-state index in [2.05, 4.69) is 19.1 Å². The maximum Gasteiger partial charge on any atom is 0.312 e. The Bertz CT molecular complexity index is 722. The Labute approximate surface area is 276 Å². The van der Waals surface area contributed by atoms with Crippen LogP contribution >= 0.6 is 0 Å². The summed E-state index contributed by atoms with van der Waals surface area (Å²) in [5.74, 6) is -4.97. The molecule has 264 valence electrons. The first kappa shape index (κ1) is 43.1. The van der Waals surface area contributed by atoms with Gasteiger partial charge in [-0.2, -0.15) is 0 Å². The van der Waals surface area contributed by atoms with E-state index >= 15 is 0 Å². The van der Waals surface area contributed by atoms with E-state index in [4.69, 9.17) is 0 Å². The van der Waals surface area contributed by atoms with Crippen molar-refractivity contribution in [3.63, 3.8) is 0 Å². The highest BCUT2D eigenvalue weighted by Crippen LogP contribution is 2.25. The van der Waals surface area contributed by atoms with Crippen molar-refractivity contribution in [2.24, 2.45) is 17.8 Å². The van der Waals surface area contributed by atoms with Gasteiger partial charge in [0.15, 0.2) is 0 Å². The first-order valence-electron chi connectivity index (χ1n) is 18.8. The van der Waals surface area contributed by atoms with Gasteiger partial charge in [-0.3, -0.25) is 9.59 Å². The monoisotopic (exact) mass is 638 g/mol. The van der Waals surface area contributed by atoms with E-state index in [1.165, 1.54) is 83.5 Å². The maximum atomic E-state index is 12.0. The number of carbonyl (C=O) groups is 3. The van der Waals surface area contributed by atoms with Crippen molar-refractivity contribution < 1.29 is 34.2 Å². The first-order valence-corrected chi connectivity index (χ1v) is 18.8. The molecule has 7 nitrogen and oxygen atoms in total. The zero-order valence-electron chi connectivity index (χ0n) is 29.7. The van der Waals surface area contributed by atoms with Crippen molar-refractivity contribution in [3.8, 4) is 0 Å². The Balaban J connectivity index is 4.54. The molecular formula is C38H71NO6. The summed E-state index contributed by atoms with van der Waals surface area (Å²) in [7, 11) is 0. The summed E-state index contributed by atoms with van der Waals surface area (Å²) in [5.41, 5.74) is 0. The predicted octanol–water partition coefficient (Wildman–Crippen LogP) is 8.79. The van der Waals surface area contributed by atoms with Crippen molar-refractivity contribution in [1.29, 1.82) is 0 Å². The van der Waals surface area contributed by atoms with Crippen LogP contribution in [0.3, 0.4) is 0 Å². The van der Waals surface area contributed by atoms with Gasteiger partial charge in [-0.1, -0.05) is 123 Å². The molecule has 0 bridgehead atoms. The molecule has 0 spiro atoms. The molecule has 0 aromatic heterocycles. The van der Waals surface area contributed by atoms with Crippen LogP contribution in [0.1, 0.15) is 169 Å². The van der Waals surface area contributed by atoms with Crippen LogP contribution in [-0.4, -0.2) is 58.8 Å². The van der Waals surface area contributed by atoms with Crippen LogP contribution < -0.4 is 5.11 Å². The molecule has 0 aromatic rings. The van der Waals surface area contributed by atoms with E-state index in [-0.39, 0.29) is 24.1 Å². The van der Waals surface area contributed by atoms with E-state index in [0.29, 0.717) is 25.8 Å². The SMILES string of the molecule is CCCCCCCCCCCCCCC/C=C/CCCCCC[N+](CC(CC)C(=O)[O-])(CC(CC)C(=O)O)CC(CC)C(=O)O. The lowest BCUT2D eigenvalue weighted by Crippen LogP contribution is -2.59. The molecule has 45 heavy (non-hydrogen) atoms. The van der Waals surface area contributed by atoms with Gasteiger partial charge in [-0.05, 0) is 57.8 Å². The molecule has 0 aliphatic rings. The van der Waals surface area contributed by atoms with Crippen molar-refractivity contribution in [2.45, 2.75) is 169 Å². The standard InChI is InChI=1S/C38H71NO6/c1-5-9-10-11-12-13-14-15-16-17-18-19-20-21-22-23-24-25-26-27-28-29-39(30-33(6-2)36(40)41,31-34(7-3)37(42)43)32-35(8-4)38(44)45/h22-23,33-35H,5-21,24-32H2,1-4H3,(H2-,40,41,42,43,44,45)/b23-22+. The van der Waals surface area contributed by atoms with Gasteiger partial charge in [-0.15, -0.1) is 0 Å². The van der Waals surface area contributed by atoms with Crippen LogP contribution in [0, 0.1) is 17.8 Å². The molecule has 0 saturated heterocycles. The van der Waals surface area contributed by atoms with Gasteiger partial charge in [0.2, 0.25) is 0 Å². The molecule has 7 heteroatoms. The summed E-state index contributed by atoms with van der Waals surface area (Å²) in [4.78, 5) is 35.9. The number of hydrogen-bond donors (Lipinski definition) is 2. The highest BCUT2D eigenvalue weighted by molar-refractivity contribution is 5.70. The fourth-order valence-corrected chi connectivity index (χ4v) is 6.61. The molecule has 0 radical (unpaired) electrons. The molecule has 2 N–H and O–H groups in total. The van der Waals surface area contributed by atoms with Gasteiger partial charge in [-0.25, -0.2) is 0 Å². The third-order valence-corrected chi connectivity index (χ3v) is 9.73. The Morgan fingerprint density at radius 3 is 1.20 bits per heavy atom. The molecule has 0 heterocycles. The van der Waals surface area contributed by atoms with Crippen molar-refractivity contribution >= 4 is 17.9 Å². The largest absolute Gasteiger partial charge is 0.550 e. The average Bonchev–Trinajstić information content (AvgIpc) is 3.01. The average molecular weight is 638 g/mol. The quantitative estimate of drug-likeness (QED) is 0.0422. The molecule has 0 amide bonds. The predicted molar refractivity (Wildman–Crippen MR) is 184 cm³/mol. The number of carboxylic acids is 3. The number of nitrogens with zero attached hydrogens (tertiary/aromatic N) is 1. The van der Waals surface area contributed by atoms with E-state index in [1.54, 1.807) is 6.92 Å². The first-order chi connectivity index (χ1) is 21.7. The van der Waals surface area contributed by atoms with Crippen LogP contribution in [0.15, 0.2) is 12.2 Å². The number of hydrogen-bond acceptors (Lipinski definition) is 4. The number of aliphatic carboxylic acids is 3. The van der Waals surface area contributed by atoms with Gasteiger partial charge >= 0.3 is 11.9 Å². The van der Waals surface area contributed by atoms with Crippen LogP contribution in [0.5, 0.6) is 0 Å². The molecule has 0 aromatic carbocycles. The fourth-order valence-electron chi connectivity index (χ4n) is 6.61. The Morgan fingerprint density at radius 1 is 0.533 bits per heavy atom. The Hall–Kier alpha value is -1.89. The highest BCUT2D eigenvalue weighted by atomic mass is 16.4. The molecule has 0 rings (SSSR count). The summed E-state index contributed by atoms with van der Waals surface area (Å²) in [6.07, 6.45) is 29.8. The van der Waals surface area contributed by atoms with E-state index in [9.17, 15) is 29.7 Å². The lowest BCUT2D eigenvalue weighted by molar-refractivity contribution is -0.935. The number of carbonyl (C=O) groups excluding carboxylic acids is 1. The zero-order valence-corrected chi connectivity index (χ0v) is 29.7. The van der Waals surface area contributed by atoms with E-state index < -0.39 is 35.7 Å². The molecule has 3 unspecified atom stereocenters. The minimum atomic E-state index is -1.14. The summed E-state index contributed by atoms with van der Waals surface area (Å²) >= 11 is 0. The summed E-state index contributed by atoms with van der Waals surface area (Å²) in [5, 5.41) is 31.5. The molecule has 0 fully saturated rings. The Kier molecular flexibility index (Phi) is 27.2. The molecule has 3 atom stereocenters. The highest BCUT2D eigenvalue weighted by Gasteiger charge is 2.39. The number of unbranched alkanes of at least 4 members (excludes halogenated alkanes) is 17. The van der Waals surface area contributed by atoms with E-state index in [1.807, 2.05) is 13.8 Å². The molecular weight excluding hydrogens is 566 g/mol. The third kappa shape index (κ3) is 22.3. The summed E-state index contributed by atoms with van der Waals surface area (Å²) < 4.78 is 0.209. The third-order valence-electron chi connectivity index (χ3n) is 9.73. The van der Waals surface area contributed by atoms with Crippen molar-refractivity contribution in [3.05, 3.63) is 12.2 Å². The van der Waals surface area contributed by atoms with Crippen LogP contribution in [-0.2, 0) is 14.4 Å². The summed E-state index contributed by atoms with van der Waals surface area (Å²) in [6, 6.07) is 0. The minimum Gasteiger partial charge on any atom is -0.550 e. The smallest absolute Gasteiger partial charge is 0.312 e. The van der Waals surface area contributed by atoms with Crippen LogP contribution in [0.2, 0.25) is 0 Å². The molecule has 0 aliphatic heterocycles. The second-order valence-corrected chi connectivity index (χ2v) is 13.6. The number of rotatable bonds is 33. The lowest BCUT2D eigenvalue weighted by Gasteiger charge is -2.44. The van der Waals surface area contributed by atoms with Gasteiger partial charge < -0.3 is 24.6 Å². The number of allylic oxidation sites excluding steroid dienone is 2. The van der Waals surface area contributed by atoms with Gasteiger partial charge in [0.25, 0.3) is 0 Å². The molecule has 0 aliphatic carbocycles. The normalized spacial score (nSPS) is 15.1. The zero-order chi connectivity index (χ0) is 33.8. The second kappa shape index (κ2) is 28.3. The van der Waals surface area contributed by atoms with Crippen molar-refractivity contribution in [2.75, 3.05) is 26.2 Å². The second-order valence-electron chi connectivity index (χ2n) is 13.6. The minimum absolute atomic E-state index is 0.209. The topological polar surface area (TPSA) is 115 Å². The maximum absolute atomic E-state index is 12.0. The van der Waals surface area contributed by atoms with E-state index in [0.717, 1.165) is 38.5 Å². The fraction of sp³-hybridized carbons (Fsp3) is 0.868. The van der Waals surface area contributed by atoms with Gasteiger partial charge in [0.05, 0.1) is 32.1 Å². The molecule has 0 saturated carbocycles. The Morgan fingerprint density at radius 2 is 0.867 bits per heavy atom.